The summed E-state index contributed by atoms with van der Waals surface area (Å²) in [6.45, 7) is 1.13. The fourth-order valence-electron chi connectivity index (χ4n) is 4.92. The van der Waals surface area contributed by atoms with Crippen LogP contribution in [0, 0.1) is 10.1 Å². The van der Waals surface area contributed by atoms with E-state index in [1.165, 1.54) is 41.3 Å². The number of hydrogen-bond donors (Lipinski definition) is 1. The third-order valence-electron chi connectivity index (χ3n) is 7.27. The van der Waals surface area contributed by atoms with E-state index < -0.39 is 33.4 Å². The van der Waals surface area contributed by atoms with E-state index in [0.717, 1.165) is 42.0 Å². The molecule has 10 nitrogen and oxygen atoms in total. The van der Waals surface area contributed by atoms with E-state index in [2.05, 4.69) is 5.32 Å². The number of carbonyl (C=O) groups excluding carboxylic acids is 2. The van der Waals surface area contributed by atoms with Crippen molar-refractivity contribution >= 4 is 33.2 Å². The minimum Gasteiger partial charge on any atom is -0.352 e. The molecule has 216 valence electrons. The van der Waals surface area contributed by atoms with Crippen molar-refractivity contribution in [1.82, 2.24) is 10.2 Å². The van der Waals surface area contributed by atoms with Gasteiger partial charge in [-0.2, -0.15) is 0 Å². The molecular formula is C30H34N4O6S. The summed E-state index contributed by atoms with van der Waals surface area (Å²) in [4.78, 5) is 39.2. The van der Waals surface area contributed by atoms with Crippen molar-refractivity contribution < 1.29 is 22.9 Å². The van der Waals surface area contributed by atoms with Crippen LogP contribution in [0.3, 0.4) is 0 Å². The first-order chi connectivity index (χ1) is 19.7. The van der Waals surface area contributed by atoms with Crippen LogP contribution in [-0.4, -0.2) is 48.7 Å². The Morgan fingerprint density at radius 2 is 1.51 bits per heavy atom. The first kappa shape index (κ1) is 29.7. The Kier molecular flexibility index (Phi) is 9.72. The predicted octanol–water partition coefficient (Wildman–Crippen LogP) is 4.66. The topological polar surface area (TPSA) is 130 Å². The zero-order valence-electron chi connectivity index (χ0n) is 22.9. The highest BCUT2D eigenvalue weighted by Gasteiger charge is 2.33. The van der Waals surface area contributed by atoms with Gasteiger partial charge in [0, 0.05) is 24.7 Å². The molecule has 1 saturated carbocycles. The molecule has 11 heteroatoms. The van der Waals surface area contributed by atoms with Gasteiger partial charge in [-0.1, -0.05) is 67.8 Å². The molecule has 1 atom stereocenters. The van der Waals surface area contributed by atoms with Gasteiger partial charge < -0.3 is 10.2 Å². The molecular weight excluding hydrogens is 544 g/mol. The number of non-ortho nitro benzene ring substituents is 1. The van der Waals surface area contributed by atoms with Gasteiger partial charge in [-0.25, -0.2) is 8.42 Å². The van der Waals surface area contributed by atoms with Crippen LogP contribution >= 0.6 is 0 Å². The number of sulfonamides is 1. The normalized spacial score (nSPS) is 14.6. The third-order valence-corrected chi connectivity index (χ3v) is 9.06. The number of carbonyl (C=O) groups is 2. The van der Waals surface area contributed by atoms with E-state index in [0.29, 0.717) is 0 Å². The second kappa shape index (κ2) is 13.4. The molecule has 1 aliphatic rings. The van der Waals surface area contributed by atoms with Crippen molar-refractivity contribution in [2.75, 3.05) is 10.8 Å². The fourth-order valence-corrected chi connectivity index (χ4v) is 6.36. The van der Waals surface area contributed by atoms with Crippen LogP contribution in [0.1, 0.15) is 44.6 Å². The molecule has 3 aromatic carbocycles. The first-order valence-corrected chi connectivity index (χ1v) is 15.1. The Labute approximate surface area is 240 Å². The lowest BCUT2D eigenvalue weighted by atomic mass is 9.95. The smallest absolute Gasteiger partial charge is 0.269 e. The summed E-state index contributed by atoms with van der Waals surface area (Å²) in [5, 5.41) is 14.3. The van der Waals surface area contributed by atoms with Gasteiger partial charge in [-0.05, 0) is 49.6 Å². The third kappa shape index (κ3) is 7.49. The number of rotatable bonds is 11. The summed E-state index contributed by atoms with van der Waals surface area (Å²) in [6.07, 6.45) is 4.97. The Hall–Kier alpha value is -4.25. The number of nitro groups is 1. The van der Waals surface area contributed by atoms with Crippen LogP contribution in [-0.2, 0) is 26.2 Å². The van der Waals surface area contributed by atoms with Crippen molar-refractivity contribution in [3.63, 3.8) is 0 Å². The van der Waals surface area contributed by atoms with Crippen molar-refractivity contribution in [2.45, 2.75) is 62.6 Å². The highest BCUT2D eigenvalue weighted by molar-refractivity contribution is 7.92. The fraction of sp³-hybridized carbons (Fsp3) is 0.333. The van der Waals surface area contributed by atoms with E-state index in [-0.39, 0.29) is 34.8 Å². The minimum absolute atomic E-state index is 0.0381. The zero-order chi connectivity index (χ0) is 29.4. The van der Waals surface area contributed by atoms with Crippen LogP contribution in [0.15, 0.2) is 89.8 Å². The minimum atomic E-state index is -4.24. The molecule has 0 aromatic heterocycles. The van der Waals surface area contributed by atoms with E-state index in [1.807, 2.05) is 30.3 Å². The van der Waals surface area contributed by atoms with Gasteiger partial charge in [-0.3, -0.25) is 24.0 Å². The van der Waals surface area contributed by atoms with E-state index in [1.54, 1.807) is 25.1 Å². The molecule has 1 unspecified atom stereocenters. The molecule has 0 saturated heterocycles. The molecule has 41 heavy (non-hydrogen) atoms. The molecule has 1 aliphatic carbocycles. The molecule has 0 radical (unpaired) electrons. The number of amides is 2. The zero-order valence-corrected chi connectivity index (χ0v) is 23.7. The maximum atomic E-state index is 14.0. The van der Waals surface area contributed by atoms with Crippen molar-refractivity contribution in [1.29, 1.82) is 0 Å². The highest BCUT2D eigenvalue weighted by atomic mass is 32.2. The molecule has 1 N–H and O–H groups in total. The van der Waals surface area contributed by atoms with Crippen LogP contribution in [0.4, 0.5) is 11.4 Å². The Morgan fingerprint density at radius 1 is 0.927 bits per heavy atom. The van der Waals surface area contributed by atoms with E-state index in [9.17, 15) is 28.1 Å². The van der Waals surface area contributed by atoms with E-state index in [4.69, 9.17) is 0 Å². The predicted molar refractivity (Wildman–Crippen MR) is 156 cm³/mol. The van der Waals surface area contributed by atoms with Crippen molar-refractivity contribution in [3.8, 4) is 0 Å². The number of nitro benzene ring substituents is 1. The summed E-state index contributed by atoms with van der Waals surface area (Å²) < 4.78 is 28.5. The quantitative estimate of drug-likeness (QED) is 0.260. The van der Waals surface area contributed by atoms with Gasteiger partial charge >= 0.3 is 0 Å². The number of hydrogen-bond acceptors (Lipinski definition) is 6. The molecule has 1 fully saturated rings. The van der Waals surface area contributed by atoms with Gasteiger partial charge in [0.25, 0.3) is 15.7 Å². The Balaban J connectivity index is 1.66. The maximum absolute atomic E-state index is 14.0. The standard InChI is InChI=1S/C30H34N4O6S/c1-23(30(36)31-25-13-7-3-8-14-25)32(21-24-11-5-2-6-12-24)29(35)22-33(26-17-19-27(20-18-26)34(37)38)41(39,40)28-15-9-4-10-16-28/h2,4-6,9-12,15-20,23,25H,3,7-8,13-14,21-22H2,1H3,(H,31,36). The first-order valence-electron chi connectivity index (χ1n) is 13.6. The molecule has 0 bridgehead atoms. The molecule has 0 aliphatic heterocycles. The second-order valence-corrected chi connectivity index (χ2v) is 12.0. The van der Waals surface area contributed by atoms with Gasteiger partial charge in [-0.15, -0.1) is 0 Å². The Bertz CT molecular complexity index is 1440. The SMILES string of the molecule is CC(C(=O)NC1CCCCC1)N(Cc1ccccc1)C(=O)CN(c1ccc([N+](=O)[O-])cc1)S(=O)(=O)c1ccccc1. The largest absolute Gasteiger partial charge is 0.352 e. The van der Waals surface area contributed by atoms with E-state index >= 15 is 0 Å². The molecule has 2 amide bonds. The highest BCUT2D eigenvalue weighted by Crippen LogP contribution is 2.26. The molecule has 0 heterocycles. The van der Waals surface area contributed by atoms with Crippen LogP contribution in [0.2, 0.25) is 0 Å². The average Bonchev–Trinajstić information content (AvgIpc) is 2.99. The summed E-state index contributed by atoms with van der Waals surface area (Å²) in [5.74, 6) is -0.882. The second-order valence-electron chi connectivity index (χ2n) is 10.1. The van der Waals surface area contributed by atoms with Crippen LogP contribution < -0.4 is 9.62 Å². The number of benzene rings is 3. The van der Waals surface area contributed by atoms with Gasteiger partial charge in [0.05, 0.1) is 15.5 Å². The monoisotopic (exact) mass is 578 g/mol. The summed E-state index contributed by atoms with van der Waals surface area (Å²) in [6, 6.07) is 21.0. The van der Waals surface area contributed by atoms with Crippen LogP contribution in [0.5, 0.6) is 0 Å². The number of anilines is 1. The maximum Gasteiger partial charge on any atom is 0.269 e. The van der Waals surface area contributed by atoms with Gasteiger partial charge in [0.15, 0.2) is 0 Å². The summed E-state index contributed by atoms with van der Waals surface area (Å²) in [5.41, 5.74) is 0.661. The summed E-state index contributed by atoms with van der Waals surface area (Å²) in [7, 11) is -4.24. The Morgan fingerprint density at radius 3 is 2.10 bits per heavy atom. The van der Waals surface area contributed by atoms with Gasteiger partial charge in [0.2, 0.25) is 11.8 Å². The van der Waals surface area contributed by atoms with Crippen molar-refractivity contribution in [3.05, 3.63) is 101 Å². The lowest BCUT2D eigenvalue weighted by molar-refractivity contribution is -0.384. The number of nitrogens with one attached hydrogen (secondary N) is 1. The molecule has 4 rings (SSSR count). The number of nitrogens with zero attached hydrogens (tertiary/aromatic N) is 3. The molecule has 0 spiro atoms. The summed E-state index contributed by atoms with van der Waals surface area (Å²) >= 11 is 0. The van der Waals surface area contributed by atoms with Crippen molar-refractivity contribution in [2.24, 2.45) is 0 Å². The lowest BCUT2D eigenvalue weighted by Gasteiger charge is -2.33. The molecule has 3 aromatic rings. The van der Waals surface area contributed by atoms with Crippen LogP contribution in [0.25, 0.3) is 0 Å². The lowest BCUT2D eigenvalue weighted by Crippen LogP contribution is -2.53. The average molecular weight is 579 g/mol. The van der Waals surface area contributed by atoms with Gasteiger partial charge in [0.1, 0.15) is 12.6 Å².